The number of anilines is 1. The maximum absolute atomic E-state index is 11.9. The van der Waals surface area contributed by atoms with Gasteiger partial charge >= 0.3 is 0 Å². The number of fused-ring (bicyclic) bond motifs is 1. The van der Waals surface area contributed by atoms with Gasteiger partial charge in [-0.15, -0.1) is 11.3 Å². The summed E-state index contributed by atoms with van der Waals surface area (Å²) in [5, 5.41) is 6.29. The van der Waals surface area contributed by atoms with E-state index in [4.69, 9.17) is 0 Å². The van der Waals surface area contributed by atoms with Gasteiger partial charge in [0.25, 0.3) is 0 Å². The maximum Gasteiger partial charge on any atom is 0.233 e. The number of carbonyl (C=O) groups is 2. The quantitative estimate of drug-likeness (QED) is 0.870. The van der Waals surface area contributed by atoms with E-state index in [1.54, 1.807) is 7.05 Å². The van der Waals surface area contributed by atoms with E-state index in [0.717, 1.165) is 49.3 Å². The number of hydrogen-bond acceptors (Lipinski definition) is 5. The van der Waals surface area contributed by atoms with Gasteiger partial charge in [0.2, 0.25) is 11.8 Å². The second-order valence-corrected chi connectivity index (χ2v) is 6.72. The average molecular weight is 308 g/mol. The molecule has 114 valence electrons. The molecular weight excluding hydrogens is 288 g/mol. The van der Waals surface area contributed by atoms with Gasteiger partial charge in [0.15, 0.2) is 5.13 Å². The Labute approximate surface area is 127 Å². The highest BCUT2D eigenvalue weighted by atomic mass is 32.1. The number of rotatable bonds is 4. The normalized spacial score (nSPS) is 18.7. The van der Waals surface area contributed by atoms with E-state index in [1.807, 2.05) is 0 Å². The molecule has 1 aromatic heterocycles. The Bertz CT molecular complexity index is 553. The van der Waals surface area contributed by atoms with E-state index in [-0.39, 0.29) is 17.7 Å². The zero-order valence-corrected chi connectivity index (χ0v) is 13.0. The lowest BCUT2D eigenvalue weighted by Crippen LogP contribution is -2.38. The molecule has 3 rings (SSSR count). The molecule has 1 aromatic rings. The number of likely N-dealkylation sites (N-methyl/N-ethyl adjacent to an activating group) is 1. The van der Waals surface area contributed by atoms with Crippen molar-refractivity contribution in [1.82, 2.24) is 15.2 Å². The molecule has 0 saturated heterocycles. The summed E-state index contributed by atoms with van der Waals surface area (Å²) in [5.74, 6) is 0.312. The largest absolute Gasteiger partial charge is 0.358 e. The summed E-state index contributed by atoms with van der Waals surface area (Å²) >= 11 is 1.54. The Balaban J connectivity index is 1.61. The van der Waals surface area contributed by atoms with Crippen LogP contribution >= 0.6 is 11.3 Å². The topological polar surface area (TPSA) is 74.3 Å². The van der Waals surface area contributed by atoms with Crippen molar-refractivity contribution in [2.24, 2.45) is 5.92 Å². The molecule has 6 nitrogen and oxygen atoms in total. The van der Waals surface area contributed by atoms with Crippen LogP contribution in [-0.4, -0.2) is 41.8 Å². The number of carbonyl (C=O) groups excluding carboxylic acids is 2. The van der Waals surface area contributed by atoms with Gasteiger partial charge in [-0.05, 0) is 12.8 Å². The minimum Gasteiger partial charge on any atom is -0.358 e. The Morgan fingerprint density at radius 3 is 2.90 bits per heavy atom. The Morgan fingerprint density at radius 2 is 2.24 bits per heavy atom. The van der Waals surface area contributed by atoms with Crippen molar-refractivity contribution < 1.29 is 9.59 Å². The highest BCUT2D eigenvalue weighted by Gasteiger charge is 2.27. The highest BCUT2D eigenvalue weighted by Crippen LogP contribution is 2.31. The molecule has 0 atom stereocenters. The van der Waals surface area contributed by atoms with Crippen molar-refractivity contribution in [3.05, 3.63) is 10.6 Å². The molecule has 0 aromatic carbocycles. The van der Waals surface area contributed by atoms with Crippen LogP contribution in [0.25, 0.3) is 0 Å². The molecule has 1 fully saturated rings. The third kappa shape index (κ3) is 3.24. The smallest absolute Gasteiger partial charge is 0.233 e. The summed E-state index contributed by atoms with van der Waals surface area (Å²) in [6, 6.07) is 0. The van der Waals surface area contributed by atoms with Crippen LogP contribution in [0.1, 0.15) is 29.8 Å². The van der Waals surface area contributed by atoms with E-state index >= 15 is 0 Å². The second kappa shape index (κ2) is 6.11. The molecule has 21 heavy (non-hydrogen) atoms. The number of nitrogens with one attached hydrogen (secondary N) is 2. The third-order valence-electron chi connectivity index (χ3n) is 4.16. The van der Waals surface area contributed by atoms with Crippen LogP contribution in [0.15, 0.2) is 0 Å². The molecule has 0 bridgehead atoms. The lowest BCUT2D eigenvalue weighted by Gasteiger charge is -2.24. The number of nitrogens with zero attached hydrogens (tertiary/aromatic N) is 2. The van der Waals surface area contributed by atoms with Gasteiger partial charge in [0.1, 0.15) is 0 Å². The summed E-state index contributed by atoms with van der Waals surface area (Å²) in [4.78, 5) is 31.2. The van der Waals surface area contributed by atoms with Crippen molar-refractivity contribution in [3.8, 4) is 0 Å². The molecule has 2 heterocycles. The van der Waals surface area contributed by atoms with Crippen LogP contribution in [0.4, 0.5) is 5.13 Å². The standard InChI is InChI=1S/C14H20N4O2S/c1-15-12(19)8-18-6-5-10-11(7-18)21-14(16-10)17-13(20)9-3-2-4-9/h9H,2-8H2,1H3,(H,15,19)(H,16,17,20). The molecular formula is C14H20N4O2S. The Kier molecular flexibility index (Phi) is 4.21. The predicted octanol–water partition coefficient (Wildman–Crippen LogP) is 0.986. The van der Waals surface area contributed by atoms with Gasteiger partial charge in [-0.3, -0.25) is 14.5 Å². The van der Waals surface area contributed by atoms with Gasteiger partial charge < -0.3 is 10.6 Å². The molecule has 7 heteroatoms. The molecule has 2 aliphatic rings. The van der Waals surface area contributed by atoms with Crippen LogP contribution in [0.2, 0.25) is 0 Å². The van der Waals surface area contributed by atoms with Gasteiger partial charge in [0.05, 0.1) is 12.2 Å². The van der Waals surface area contributed by atoms with Crippen LogP contribution < -0.4 is 10.6 Å². The number of aromatic nitrogens is 1. The number of amides is 2. The van der Waals surface area contributed by atoms with E-state index in [0.29, 0.717) is 11.7 Å². The Hall–Kier alpha value is -1.47. The summed E-state index contributed by atoms with van der Waals surface area (Å²) < 4.78 is 0. The first-order valence-corrected chi connectivity index (χ1v) is 8.19. The lowest BCUT2D eigenvalue weighted by atomic mass is 9.85. The molecule has 1 aliphatic carbocycles. The van der Waals surface area contributed by atoms with Crippen molar-refractivity contribution in [2.45, 2.75) is 32.2 Å². The average Bonchev–Trinajstić information content (AvgIpc) is 2.77. The predicted molar refractivity (Wildman–Crippen MR) is 81.1 cm³/mol. The second-order valence-electron chi connectivity index (χ2n) is 5.64. The minimum atomic E-state index is 0.0291. The fourth-order valence-electron chi connectivity index (χ4n) is 2.60. The molecule has 0 radical (unpaired) electrons. The summed E-state index contributed by atoms with van der Waals surface area (Å²) in [6.45, 7) is 1.98. The Morgan fingerprint density at radius 1 is 1.43 bits per heavy atom. The van der Waals surface area contributed by atoms with Gasteiger partial charge in [0, 0.05) is 37.4 Å². The monoisotopic (exact) mass is 308 g/mol. The van der Waals surface area contributed by atoms with Crippen LogP contribution in [0.5, 0.6) is 0 Å². The van der Waals surface area contributed by atoms with Gasteiger partial charge in [-0.25, -0.2) is 4.98 Å². The zero-order valence-electron chi connectivity index (χ0n) is 12.1. The molecule has 0 spiro atoms. The molecule has 2 N–H and O–H groups in total. The first-order chi connectivity index (χ1) is 10.2. The summed E-state index contributed by atoms with van der Waals surface area (Å²) in [6.07, 6.45) is 3.98. The van der Waals surface area contributed by atoms with Crippen molar-refractivity contribution >= 4 is 28.3 Å². The first kappa shape index (κ1) is 14.5. The van der Waals surface area contributed by atoms with Crippen LogP contribution in [0, 0.1) is 5.92 Å². The van der Waals surface area contributed by atoms with Crippen LogP contribution in [-0.2, 0) is 22.6 Å². The van der Waals surface area contributed by atoms with Crippen molar-refractivity contribution in [1.29, 1.82) is 0 Å². The van der Waals surface area contributed by atoms with Gasteiger partial charge in [-0.1, -0.05) is 6.42 Å². The highest BCUT2D eigenvalue weighted by molar-refractivity contribution is 7.15. The van der Waals surface area contributed by atoms with Crippen molar-refractivity contribution in [3.63, 3.8) is 0 Å². The molecule has 1 saturated carbocycles. The number of hydrogen-bond donors (Lipinski definition) is 2. The fraction of sp³-hybridized carbons (Fsp3) is 0.643. The maximum atomic E-state index is 11.9. The van der Waals surface area contributed by atoms with E-state index < -0.39 is 0 Å². The molecule has 0 unspecified atom stereocenters. The summed E-state index contributed by atoms with van der Waals surface area (Å²) in [7, 11) is 1.65. The first-order valence-electron chi connectivity index (χ1n) is 7.38. The van der Waals surface area contributed by atoms with Crippen molar-refractivity contribution in [2.75, 3.05) is 25.5 Å². The van der Waals surface area contributed by atoms with Gasteiger partial charge in [-0.2, -0.15) is 0 Å². The van der Waals surface area contributed by atoms with E-state index in [2.05, 4.69) is 20.5 Å². The number of thiazole rings is 1. The van der Waals surface area contributed by atoms with E-state index in [1.165, 1.54) is 11.3 Å². The molecule has 1 aliphatic heterocycles. The summed E-state index contributed by atoms with van der Waals surface area (Å²) in [5.41, 5.74) is 1.07. The SMILES string of the molecule is CNC(=O)CN1CCc2nc(NC(=O)C3CCC3)sc2C1. The minimum absolute atomic E-state index is 0.0291. The van der Waals surface area contributed by atoms with E-state index in [9.17, 15) is 9.59 Å². The molecule has 2 amide bonds. The van der Waals surface area contributed by atoms with Crippen LogP contribution in [0.3, 0.4) is 0 Å². The zero-order chi connectivity index (χ0) is 14.8. The lowest BCUT2D eigenvalue weighted by molar-refractivity contribution is -0.122. The fourth-order valence-corrected chi connectivity index (χ4v) is 3.65. The third-order valence-corrected chi connectivity index (χ3v) is 5.16.